The summed E-state index contributed by atoms with van der Waals surface area (Å²) < 4.78 is 12.3. The van der Waals surface area contributed by atoms with Gasteiger partial charge < -0.3 is 11.1 Å². The molecule has 0 fully saturated rings. The molecule has 1 amide bonds. The number of rotatable bonds is 6. The van der Waals surface area contributed by atoms with Gasteiger partial charge >= 0.3 is 0 Å². The van der Waals surface area contributed by atoms with Crippen molar-refractivity contribution in [2.45, 2.75) is 36.8 Å². The number of unbranched alkanes of at least 4 members (excludes halogenated alkanes) is 1. The molecule has 0 heterocycles. The molecule has 0 aliphatic rings. The quantitative estimate of drug-likeness (QED) is 0.626. The fourth-order valence-electron chi connectivity index (χ4n) is 1.54. The summed E-state index contributed by atoms with van der Waals surface area (Å²) in [6.45, 7) is 4.24. The highest BCUT2D eigenvalue weighted by atomic mass is 35.5. The van der Waals surface area contributed by atoms with E-state index in [0.717, 1.165) is 12.8 Å². The Morgan fingerprint density at radius 2 is 2.21 bits per heavy atom. The van der Waals surface area contributed by atoms with Gasteiger partial charge in [0.2, 0.25) is 5.91 Å². The summed E-state index contributed by atoms with van der Waals surface area (Å²) in [5, 5.41) is 2.40. The molecular formula is C13H19ClN2O2S. The van der Waals surface area contributed by atoms with E-state index < -0.39 is 16.0 Å². The highest BCUT2D eigenvalue weighted by Crippen LogP contribution is 2.27. The van der Waals surface area contributed by atoms with E-state index in [9.17, 15) is 9.00 Å². The third-order valence-electron chi connectivity index (χ3n) is 2.72. The van der Waals surface area contributed by atoms with Crippen LogP contribution < -0.4 is 11.1 Å². The van der Waals surface area contributed by atoms with E-state index in [-0.39, 0.29) is 5.91 Å². The van der Waals surface area contributed by atoms with Crippen molar-refractivity contribution in [3.05, 3.63) is 23.2 Å². The zero-order chi connectivity index (χ0) is 14.4. The molecule has 1 rings (SSSR count). The third kappa shape index (κ3) is 4.21. The molecular weight excluding hydrogens is 284 g/mol. The number of nitrogens with two attached hydrogens (primary N) is 1. The summed E-state index contributed by atoms with van der Waals surface area (Å²) >= 11 is 6.00. The van der Waals surface area contributed by atoms with Gasteiger partial charge in [0.1, 0.15) is 5.25 Å². The van der Waals surface area contributed by atoms with E-state index >= 15 is 0 Å². The Bertz CT molecular complexity index is 459. The van der Waals surface area contributed by atoms with E-state index in [1.165, 1.54) is 0 Å². The predicted molar refractivity (Wildman–Crippen MR) is 79.7 cm³/mol. The Morgan fingerprint density at radius 1 is 1.53 bits per heavy atom. The van der Waals surface area contributed by atoms with Crippen LogP contribution in [0, 0.1) is 0 Å². The molecule has 4 nitrogen and oxygen atoms in total. The minimum atomic E-state index is -1.56. The first-order valence-corrected chi connectivity index (χ1v) is 7.80. The van der Waals surface area contributed by atoms with Crippen LogP contribution in [0.25, 0.3) is 0 Å². The van der Waals surface area contributed by atoms with E-state index in [2.05, 4.69) is 5.32 Å². The number of benzene rings is 1. The molecule has 0 bridgehead atoms. The molecule has 1 aromatic carbocycles. The highest BCUT2D eigenvalue weighted by Gasteiger charge is 2.24. The van der Waals surface area contributed by atoms with Crippen molar-refractivity contribution in [2.75, 3.05) is 12.3 Å². The second-order valence-corrected chi connectivity index (χ2v) is 6.36. The third-order valence-corrected chi connectivity index (χ3v) is 4.86. The first kappa shape index (κ1) is 16.0. The molecule has 0 aliphatic carbocycles. The fourth-order valence-corrected chi connectivity index (χ4v) is 3.15. The van der Waals surface area contributed by atoms with Crippen molar-refractivity contribution in [1.82, 2.24) is 5.32 Å². The van der Waals surface area contributed by atoms with Crippen LogP contribution in [0.1, 0.15) is 26.7 Å². The van der Waals surface area contributed by atoms with Gasteiger partial charge in [-0.05, 0) is 25.5 Å². The molecule has 0 radical (unpaired) electrons. The average molecular weight is 303 g/mol. The monoisotopic (exact) mass is 302 g/mol. The number of nitrogen functional groups attached to an aromatic ring is 1. The molecule has 19 heavy (non-hydrogen) atoms. The van der Waals surface area contributed by atoms with Gasteiger partial charge in [-0.3, -0.25) is 9.00 Å². The van der Waals surface area contributed by atoms with Gasteiger partial charge in [0, 0.05) is 12.2 Å². The van der Waals surface area contributed by atoms with Gasteiger partial charge in [0.15, 0.2) is 0 Å². The zero-order valence-corrected chi connectivity index (χ0v) is 12.7. The highest BCUT2D eigenvalue weighted by molar-refractivity contribution is 7.86. The summed E-state index contributed by atoms with van der Waals surface area (Å²) in [6, 6.07) is 4.93. The maximum Gasteiger partial charge on any atom is 0.235 e. The lowest BCUT2D eigenvalue weighted by Crippen LogP contribution is -2.36. The van der Waals surface area contributed by atoms with Crippen molar-refractivity contribution in [1.29, 1.82) is 0 Å². The minimum Gasteiger partial charge on any atom is -0.398 e. The number of hydrogen-bond acceptors (Lipinski definition) is 3. The number of hydrogen-bond donors (Lipinski definition) is 2. The SMILES string of the molecule is CCCCNC(=O)C(C)S(=O)c1c(N)cccc1Cl. The van der Waals surface area contributed by atoms with E-state index in [1.54, 1.807) is 25.1 Å². The molecule has 0 aromatic heterocycles. The van der Waals surface area contributed by atoms with Crippen LogP contribution in [0.4, 0.5) is 5.69 Å². The lowest BCUT2D eigenvalue weighted by molar-refractivity contribution is -0.120. The maximum absolute atomic E-state index is 12.3. The zero-order valence-electron chi connectivity index (χ0n) is 11.1. The molecule has 0 spiro atoms. The van der Waals surface area contributed by atoms with Gasteiger partial charge in [-0.1, -0.05) is 31.0 Å². The summed E-state index contributed by atoms with van der Waals surface area (Å²) in [5.74, 6) is -0.244. The van der Waals surface area contributed by atoms with Gasteiger partial charge in [0.25, 0.3) is 0 Å². The summed E-state index contributed by atoms with van der Waals surface area (Å²) in [4.78, 5) is 12.2. The Balaban J connectivity index is 2.79. The lowest BCUT2D eigenvalue weighted by Gasteiger charge is -2.14. The van der Waals surface area contributed by atoms with Crippen molar-refractivity contribution < 1.29 is 9.00 Å². The summed E-state index contributed by atoms with van der Waals surface area (Å²) in [7, 11) is -1.56. The van der Waals surface area contributed by atoms with Gasteiger partial charge in [-0.15, -0.1) is 0 Å². The number of anilines is 1. The van der Waals surface area contributed by atoms with Crippen LogP contribution in [-0.2, 0) is 15.6 Å². The number of amides is 1. The molecule has 3 N–H and O–H groups in total. The molecule has 2 atom stereocenters. The lowest BCUT2D eigenvalue weighted by atomic mass is 10.3. The number of carbonyl (C=O) groups excluding carboxylic acids is 1. The van der Waals surface area contributed by atoms with Crippen molar-refractivity contribution >= 4 is 34.0 Å². The van der Waals surface area contributed by atoms with Gasteiger partial charge in [-0.25, -0.2) is 0 Å². The molecule has 106 valence electrons. The Hall–Kier alpha value is -1.07. The molecule has 0 saturated carbocycles. The van der Waals surface area contributed by atoms with Crippen molar-refractivity contribution in [3.8, 4) is 0 Å². The van der Waals surface area contributed by atoms with Crippen LogP contribution in [0.5, 0.6) is 0 Å². The molecule has 6 heteroatoms. The smallest absolute Gasteiger partial charge is 0.235 e. The van der Waals surface area contributed by atoms with E-state index in [1.807, 2.05) is 6.92 Å². The first-order chi connectivity index (χ1) is 8.99. The van der Waals surface area contributed by atoms with Crippen LogP contribution in [0.15, 0.2) is 23.1 Å². The predicted octanol–water partition coefficient (Wildman–Crippen LogP) is 2.33. The normalized spacial score (nSPS) is 13.8. The number of carbonyl (C=O) groups is 1. The first-order valence-electron chi connectivity index (χ1n) is 6.21. The molecule has 0 saturated heterocycles. The largest absolute Gasteiger partial charge is 0.398 e. The van der Waals surface area contributed by atoms with Crippen LogP contribution in [-0.4, -0.2) is 21.9 Å². The minimum absolute atomic E-state index is 0.244. The fraction of sp³-hybridized carbons (Fsp3) is 0.462. The Kier molecular flexibility index (Phi) is 6.31. The standard InChI is InChI=1S/C13H19ClN2O2S/c1-3-4-8-16-13(17)9(2)19(18)12-10(14)6-5-7-11(12)15/h5-7,9H,3-4,8,15H2,1-2H3,(H,16,17). The number of halogens is 1. The summed E-state index contributed by atoms with van der Waals surface area (Å²) in [6.07, 6.45) is 1.90. The second-order valence-electron chi connectivity index (χ2n) is 4.24. The van der Waals surface area contributed by atoms with Crippen LogP contribution in [0.2, 0.25) is 5.02 Å². The molecule has 0 aliphatic heterocycles. The van der Waals surface area contributed by atoms with Crippen LogP contribution in [0.3, 0.4) is 0 Å². The van der Waals surface area contributed by atoms with Crippen molar-refractivity contribution in [3.63, 3.8) is 0 Å². The van der Waals surface area contributed by atoms with Crippen molar-refractivity contribution in [2.24, 2.45) is 0 Å². The second kappa shape index (κ2) is 7.50. The number of nitrogens with one attached hydrogen (secondary N) is 1. The average Bonchev–Trinajstić information content (AvgIpc) is 2.37. The Morgan fingerprint density at radius 3 is 2.79 bits per heavy atom. The Labute approximate surface area is 121 Å². The van der Waals surface area contributed by atoms with Gasteiger partial charge in [-0.2, -0.15) is 0 Å². The molecule has 2 unspecified atom stereocenters. The topological polar surface area (TPSA) is 72.2 Å². The summed E-state index contributed by atoms with van der Waals surface area (Å²) in [5.41, 5.74) is 6.12. The van der Waals surface area contributed by atoms with Gasteiger partial charge in [0.05, 0.1) is 20.7 Å². The van der Waals surface area contributed by atoms with E-state index in [0.29, 0.717) is 22.2 Å². The van der Waals surface area contributed by atoms with E-state index in [4.69, 9.17) is 17.3 Å². The van der Waals surface area contributed by atoms with Crippen LogP contribution >= 0.6 is 11.6 Å². The molecule has 1 aromatic rings. The maximum atomic E-state index is 12.3.